The van der Waals surface area contributed by atoms with E-state index in [4.69, 9.17) is 11.5 Å². The van der Waals surface area contributed by atoms with Crippen molar-refractivity contribution in [3.8, 4) is 22.3 Å². The van der Waals surface area contributed by atoms with Gasteiger partial charge in [-0.1, -0.05) is 36.4 Å². The normalized spacial score (nSPS) is 15.7. The van der Waals surface area contributed by atoms with Gasteiger partial charge in [-0.25, -0.2) is 0 Å². The molecule has 2 amide bonds. The first-order valence-electron chi connectivity index (χ1n) is 18.4. The Morgan fingerprint density at radius 3 is 1.18 bits per heavy atom. The Labute approximate surface area is 304 Å². The fourth-order valence-electron chi connectivity index (χ4n) is 7.57. The minimum absolute atomic E-state index is 0.0506. The van der Waals surface area contributed by atoms with Gasteiger partial charge in [-0.3, -0.25) is 19.4 Å². The van der Waals surface area contributed by atoms with Crippen molar-refractivity contribution < 1.29 is 9.59 Å². The SMILES string of the molecule is Cc1cc(-c2ccc(N)cc2C(=O)N2CCN(CCCN3CCN(C(=O)c4cc(N)ccc4-c4cc(C)c(C)c(C)c4)CC3)CC2)cc(C)c1C. The van der Waals surface area contributed by atoms with Gasteiger partial charge in [0.15, 0.2) is 0 Å². The first kappa shape index (κ1) is 36.1. The van der Waals surface area contributed by atoms with E-state index >= 15 is 0 Å². The molecular weight excluding hydrogens is 633 g/mol. The molecule has 2 saturated heterocycles. The number of nitrogens with two attached hydrogens (primary N) is 2. The summed E-state index contributed by atoms with van der Waals surface area (Å²) >= 11 is 0. The summed E-state index contributed by atoms with van der Waals surface area (Å²) < 4.78 is 0. The van der Waals surface area contributed by atoms with Crippen molar-refractivity contribution in [2.45, 2.75) is 48.0 Å². The number of nitrogens with zero attached hydrogens (tertiary/aromatic N) is 4. The van der Waals surface area contributed by atoms with E-state index in [1.54, 1.807) is 0 Å². The lowest BCUT2D eigenvalue weighted by molar-refractivity contribution is 0.0607. The molecule has 8 heteroatoms. The number of anilines is 2. The second-order valence-corrected chi connectivity index (χ2v) is 14.7. The molecule has 0 aromatic heterocycles. The molecule has 0 spiro atoms. The summed E-state index contributed by atoms with van der Waals surface area (Å²) in [6, 6.07) is 20.1. The zero-order valence-corrected chi connectivity index (χ0v) is 31.3. The van der Waals surface area contributed by atoms with Crippen LogP contribution >= 0.6 is 0 Å². The highest BCUT2D eigenvalue weighted by Crippen LogP contribution is 2.32. The number of carbonyl (C=O) groups is 2. The van der Waals surface area contributed by atoms with Crippen molar-refractivity contribution in [2.24, 2.45) is 0 Å². The van der Waals surface area contributed by atoms with E-state index in [-0.39, 0.29) is 11.8 Å². The maximum atomic E-state index is 13.8. The number of benzene rings is 4. The van der Waals surface area contributed by atoms with Gasteiger partial charge in [0.05, 0.1) is 0 Å². The third kappa shape index (κ3) is 7.97. The zero-order chi connectivity index (χ0) is 36.4. The predicted molar refractivity (Wildman–Crippen MR) is 210 cm³/mol. The third-order valence-corrected chi connectivity index (χ3v) is 11.3. The smallest absolute Gasteiger partial charge is 0.254 e. The molecule has 2 fully saturated rings. The highest BCUT2D eigenvalue weighted by atomic mass is 16.2. The second-order valence-electron chi connectivity index (χ2n) is 14.7. The van der Waals surface area contributed by atoms with Crippen LogP contribution in [0.1, 0.15) is 60.5 Å². The molecule has 51 heavy (non-hydrogen) atoms. The highest BCUT2D eigenvalue weighted by Gasteiger charge is 2.27. The number of nitrogen functional groups attached to an aromatic ring is 2. The quantitative estimate of drug-likeness (QED) is 0.202. The largest absolute Gasteiger partial charge is 0.399 e. The fraction of sp³-hybridized carbons (Fsp3) is 0.395. The Morgan fingerprint density at radius 1 is 0.510 bits per heavy atom. The third-order valence-electron chi connectivity index (χ3n) is 11.3. The van der Waals surface area contributed by atoms with E-state index < -0.39 is 0 Å². The van der Waals surface area contributed by atoms with Crippen LogP contribution in [0.2, 0.25) is 0 Å². The molecule has 0 radical (unpaired) electrons. The molecule has 2 aliphatic rings. The maximum absolute atomic E-state index is 13.8. The van der Waals surface area contributed by atoms with E-state index in [1.165, 1.54) is 33.4 Å². The van der Waals surface area contributed by atoms with Crippen molar-refractivity contribution in [2.75, 3.05) is 76.9 Å². The maximum Gasteiger partial charge on any atom is 0.254 e. The topological polar surface area (TPSA) is 99.1 Å². The van der Waals surface area contributed by atoms with E-state index in [9.17, 15) is 9.59 Å². The summed E-state index contributed by atoms with van der Waals surface area (Å²) in [5, 5.41) is 0. The lowest BCUT2D eigenvalue weighted by Gasteiger charge is -2.37. The molecular formula is C43H54N6O2. The van der Waals surface area contributed by atoms with Crippen LogP contribution in [0.25, 0.3) is 22.3 Å². The van der Waals surface area contributed by atoms with Gasteiger partial charge < -0.3 is 21.3 Å². The van der Waals surface area contributed by atoms with Gasteiger partial charge in [0.25, 0.3) is 11.8 Å². The predicted octanol–water partition coefficient (Wildman–Crippen LogP) is 6.64. The number of carbonyl (C=O) groups excluding carboxylic acids is 2. The number of piperazine rings is 2. The van der Waals surface area contributed by atoms with Crippen LogP contribution in [0, 0.1) is 41.5 Å². The Balaban J connectivity index is 0.990. The van der Waals surface area contributed by atoms with Gasteiger partial charge in [0.2, 0.25) is 0 Å². The first-order chi connectivity index (χ1) is 24.4. The van der Waals surface area contributed by atoms with Crippen LogP contribution in [-0.4, -0.2) is 96.9 Å². The molecule has 4 N–H and O–H groups in total. The lowest BCUT2D eigenvalue weighted by atomic mass is 9.93. The summed E-state index contributed by atoms with van der Waals surface area (Å²) in [7, 11) is 0. The summed E-state index contributed by atoms with van der Waals surface area (Å²) in [4.78, 5) is 36.6. The minimum Gasteiger partial charge on any atom is -0.399 e. The first-order valence-corrected chi connectivity index (χ1v) is 18.4. The van der Waals surface area contributed by atoms with Crippen LogP contribution in [0.4, 0.5) is 11.4 Å². The van der Waals surface area contributed by atoms with Crippen molar-refractivity contribution >= 4 is 23.2 Å². The molecule has 268 valence electrons. The van der Waals surface area contributed by atoms with Crippen molar-refractivity contribution in [1.82, 2.24) is 19.6 Å². The van der Waals surface area contributed by atoms with E-state index in [2.05, 4.69) is 75.6 Å². The molecule has 0 bridgehead atoms. The monoisotopic (exact) mass is 686 g/mol. The molecule has 4 aromatic rings. The van der Waals surface area contributed by atoms with Gasteiger partial charge in [0.1, 0.15) is 0 Å². The highest BCUT2D eigenvalue weighted by molar-refractivity contribution is 6.03. The van der Waals surface area contributed by atoms with E-state index in [0.29, 0.717) is 48.7 Å². The van der Waals surface area contributed by atoms with Crippen LogP contribution in [0.15, 0.2) is 60.7 Å². The van der Waals surface area contributed by atoms with Crippen molar-refractivity contribution in [3.63, 3.8) is 0 Å². The van der Waals surface area contributed by atoms with Gasteiger partial charge in [0, 0.05) is 74.9 Å². The Kier molecular flexibility index (Phi) is 10.8. The fourth-order valence-corrected chi connectivity index (χ4v) is 7.57. The average molecular weight is 687 g/mol. The van der Waals surface area contributed by atoms with Crippen molar-refractivity contribution in [1.29, 1.82) is 0 Å². The number of hydrogen-bond acceptors (Lipinski definition) is 6. The summed E-state index contributed by atoms with van der Waals surface area (Å²) in [6.45, 7) is 21.0. The standard InChI is InChI=1S/C43H54N6O2/c1-28-22-34(23-29(2)32(28)5)38-10-8-36(44)26-40(38)42(50)48-18-14-46(15-19-48)12-7-13-47-16-20-49(21-17-47)43(51)41-27-37(45)9-11-39(41)35-24-30(3)33(6)31(4)25-35/h8-11,22-27H,7,12-21,44-45H2,1-6H3. The minimum atomic E-state index is 0.0506. The summed E-state index contributed by atoms with van der Waals surface area (Å²) in [5.74, 6) is 0.101. The summed E-state index contributed by atoms with van der Waals surface area (Å²) in [5.41, 5.74) is 26.4. The van der Waals surface area contributed by atoms with E-state index in [1.807, 2.05) is 46.2 Å². The number of amides is 2. The Morgan fingerprint density at radius 2 is 0.843 bits per heavy atom. The van der Waals surface area contributed by atoms with Crippen LogP contribution in [0.3, 0.4) is 0 Å². The molecule has 0 atom stereocenters. The molecule has 0 aliphatic carbocycles. The lowest BCUT2D eigenvalue weighted by Crippen LogP contribution is -2.50. The molecule has 2 aliphatic heterocycles. The number of hydrogen-bond donors (Lipinski definition) is 2. The Hall–Kier alpha value is -4.66. The molecule has 2 heterocycles. The Bertz CT molecular complexity index is 1750. The molecule has 0 unspecified atom stereocenters. The van der Waals surface area contributed by atoms with Crippen LogP contribution in [-0.2, 0) is 0 Å². The van der Waals surface area contributed by atoms with Gasteiger partial charge in [-0.15, -0.1) is 0 Å². The number of aryl methyl sites for hydroxylation is 4. The number of rotatable bonds is 8. The average Bonchev–Trinajstić information content (AvgIpc) is 3.12. The van der Waals surface area contributed by atoms with Gasteiger partial charge in [-0.05, 0) is 141 Å². The summed E-state index contributed by atoms with van der Waals surface area (Å²) in [6.07, 6.45) is 1.05. The second kappa shape index (κ2) is 15.3. The molecule has 4 aromatic carbocycles. The van der Waals surface area contributed by atoms with Gasteiger partial charge in [-0.2, -0.15) is 0 Å². The zero-order valence-electron chi connectivity index (χ0n) is 31.3. The molecule has 0 saturated carbocycles. The molecule has 6 rings (SSSR count). The molecule has 8 nitrogen and oxygen atoms in total. The van der Waals surface area contributed by atoms with Gasteiger partial charge >= 0.3 is 0 Å². The van der Waals surface area contributed by atoms with Crippen molar-refractivity contribution in [3.05, 3.63) is 105 Å². The van der Waals surface area contributed by atoms with Crippen LogP contribution in [0.5, 0.6) is 0 Å². The van der Waals surface area contributed by atoms with Crippen LogP contribution < -0.4 is 11.5 Å². The van der Waals surface area contributed by atoms with E-state index in [0.717, 1.165) is 67.9 Å².